The van der Waals surface area contributed by atoms with Crippen molar-refractivity contribution in [2.75, 3.05) is 18.9 Å². The Morgan fingerprint density at radius 2 is 1.79 bits per heavy atom. The Hall–Kier alpha value is -3.12. The summed E-state index contributed by atoms with van der Waals surface area (Å²) < 4.78 is 5.71. The van der Waals surface area contributed by atoms with Crippen LogP contribution in [0.25, 0.3) is 11.3 Å². The predicted octanol–water partition coefficient (Wildman–Crippen LogP) is 4.33. The van der Waals surface area contributed by atoms with Crippen LogP contribution in [0.4, 0.5) is 5.69 Å². The lowest BCUT2D eigenvalue weighted by Crippen LogP contribution is -2.35. The number of aryl methyl sites for hydroxylation is 2. The zero-order chi connectivity index (χ0) is 20.8. The number of likely N-dealkylation sites (N-methyl/N-ethyl adjacent to an activating group) is 1. The van der Waals surface area contributed by atoms with Gasteiger partial charge in [-0.1, -0.05) is 29.3 Å². The number of anilines is 1. The number of benzene rings is 2. The molecular weight excluding hydrogens is 390 g/mol. The number of hydrogen-bond acceptors (Lipinski definition) is 4. The molecule has 7 heteroatoms. The number of amides is 2. The quantitative estimate of drug-likeness (QED) is 0.627. The number of carbonyl (C=O) groups is 2. The van der Waals surface area contributed by atoms with Gasteiger partial charge in [-0.2, -0.15) is 0 Å². The van der Waals surface area contributed by atoms with E-state index in [1.54, 1.807) is 25.4 Å². The number of hydrogen-bond donors (Lipinski definition) is 1. The van der Waals surface area contributed by atoms with Crippen molar-refractivity contribution in [2.24, 2.45) is 0 Å². The second-order valence-electron chi connectivity index (χ2n) is 6.79. The second-order valence-corrected chi connectivity index (χ2v) is 7.23. The summed E-state index contributed by atoms with van der Waals surface area (Å²) in [4.78, 5) is 30.1. The van der Waals surface area contributed by atoms with E-state index in [2.05, 4.69) is 10.3 Å². The van der Waals surface area contributed by atoms with Gasteiger partial charge in [-0.25, -0.2) is 4.98 Å². The van der Waals surface area contributed by atoms with E-state index in [1.807, 2.05) is 43.3 Å². The molecule has 3 rings (SSSR count). The summed E-state index contributed by atoms with van der Waals surface area (Å²) in [5.74, 6) is 0.692. The molecule has 0 saturated carbocycles. The van der Waals surface area contributed by atoms with Crippen molar-refractivity contribution in [2.45, 2.75) is 19.8 Å². The molecule has 1 N–H and O–H groups in total. The fourth-order valence-electron chi connectivity index (χ4n) is 2.72. The van der Waals surface area contributed by atoms with Gasteiger partial charge in [0.05, 0.1) is 12.7 Å². The van der Waals surface area contributed by atoms with Gasteiger partial charge in [-0.15, -0.1) is 0 Å². The molecule has 0 fully saturated rings. The van der Waals surface area contributed by atoms with Crippen LogP contribution < -0.4 is 5.32 Å². The van der Waals surface area contributed by atoms with Crippen molar-refractivity contribution in [1.29, 1.82) is 0 Å². The minimum Gasteiger partial charge on any atom is -0.441 e. The van der Waals surface area contributed by atoms with E-state index in [0.29, 0.717) is 28.8 Å². The highest BCUT2D eigenvalue weighted by Crippen LogP contribution is 2.22. The first kappa shape index (κ1) is 20.6. The average Bonchev–Trinajstić information content (AvgIpc) is 3.17. The number of oxazole rings is 1. The molecule has 0 saturated heterocycles. The lowest BCUT2D eigenvalue weighted by molar-refractivity contribution is -0.133. The fourth-order valence-corrected chi connectivity index (χ4v) is 2.85. The highest BCUT2D eigenvalue weighted by atomic mass is 35.5. The number of nitrogens with zero attached hydrogens (tertiary/aromatic N) is 2. The molecule has 0 aliphatic heterocycles. The largest absolute Gasteiger partial charge is 0.441 e. The molecule has 0 atom stereocenters. The number of carbonyl (C=O) groups excluding carboxylic acids is 2. The first-order chi connectivity index (χ1) is 13.9. The summed E-state index contributed by atoms with van der Waals surface area (Å²) in [6.45, 7) is 1.96. The van der Waals surface area contributed by atoms with Gasteiger partial charge in [0.2, 0.25) is 11.8 Å². The highest BCUT2D eigenvalue weighted by molar-refractivity contribution is 6.30. The fraction of sp³-hybridized carbons (Fsp3) is 0.227. The average molecular weight is 412 g/mol. The number of nitrogens with one attached hydrogen (secondary N) is 1. The maximum absolute atomic E-state index is 12.3. The molecular formula is C22H22ClN3O3. The van der Waals surface area contributed by atoms with Gasteiger partial charge >= 0.3 is 0 Å². The standard InChI is InChI=1S/C22H22ClN3O3/c1-15-3-9-18(10-4-15)25-20(27)14-26(2)22(28)12-11-21-24-13-19(29-21)16-5-7-17(23)8-6-16/h3-10,13H,11-12,14H2,1-2H3,(H,25,27). The van der Waals surface area contributed by atoms with Crippen LogP contribution in [0, 0.1) is 6.92 Å². The third-order valence-corrected chi connectivity index (χ3v) is 4.63. The minimum absolute atomic E-state index is 0.0195. The van der Waals surface area contributed by atoms with Gasteiger partial charge in [0.15, 0.2) is 11.7 Å². The molecule has 29 heavy (non-hydrogen) atoms. The molecule has 0 aliphatic rings. The maximum atomic E-state index is 12.3. The Kier molecular flexibility index (Phi) is 6.67. The predicted molar refractivity (Wildman–Crippen MR) is 113 cm³/mol. The molecule has 0 bridgehead atoms. The van der Waals surface area contributed by atoms with Crippen LogP contribution in [0.2, 0.25) is 5.02 Å². The van der Waals surface area contributed by atoms with E-state index in [0.717, 1.165) is 11.1 Å². The van der Waals surface area contributed by atoms with E-state index in [-0.39, 0.29) is 24.8 Å². The summed E-state index contributed by atoms with van der Waals surface area (Å²) in [6, 6.07) is 14.7. The Balaban J connectivity index is 1.48. The minimum atomic E-state index is -0.245. The van der Waals surface area contributed by atoms with Crippen molar-refractivity contribution in [3.63, 3.8) is 0 Å². The summed E-state index contributed by atoms with van der Waals surface area (Å²) in [5, 5.41) is 3.43. The van der Waals surface area contributed by atoms with Gasteiger partial charge in [-0.3, -0.25) is 9.59 Å². The number of aromatic nitrogens is 1. The van der Waals surface area contributed by atoms with Crippen LogP contribution in [0.15, 0.2) is 59.1 Å². The van der Waals surface area contributed by atoms with Crippen LogP contribution in [-0.4, -0.2) is 35.3 Å². The van der Waals surface area contributed by atoms with Crippen molar-refractivity contribution in [1.82, 2.24) is 9.88 Å². The maximum Gasteiger partial charge on any atom is 0.243 e. The van der Waals surface area contributed by atoms with Gasteiger partial charge in [0.1, 0.15) is 0 Å². The molecule has 6 nitrogen and oxygen atoms in total. The molecule has 150 valence electrons. The van der Waals surface area contributed by atoms with Gasteiger partial charge < -0.3 is 14.6 Å². The zero-order valence-corrected chi connectivity index (χ0v) is 17.1. The first-order valence-corrected chi connectivity index (χ1v) is 9.59. The first-order valence-electron chi connectivity index (χ1n) is 9.22. The third kappa shape index (κ3) is 5.93. The Labute approximate surface area is 174 Å². The van der Waals surface area contributed by atoms with Gasteiger partial charge in [-0.05, 0) is 43.3 Å². The van der Waals surface area contributed by atoms with Gasteiger partial charge in [0.25, 0.3) is 0 Å². The summed E-state index contributed by atoms with van der Waals surface area (Å²) in [5.41, 5.74) is 2.68. The molecule has 2 aromatic carbocycles. The Morgan fingerprint density at radius 3 is 2.48 bits per heavy atom. The number of halogens is 1. The monoisotopic (exact) mass is 411 g/mol. The molecule has 1 heterocycles. The topological polar surface area (TPSA) is 75.4 Å². The van der Waals surface area contributed by atoms with Crippen molar-refractivity contribution in [3.8, 4) is 11.3 Å². The smallest absolute Gasteiger partial charge is 0.243 e. The van der Waals surface area contributed by atoms with Crippen LogP contribution in [-0.2, 0) is 16.0 Å². The van der Waals surface area contributed by atoms with E-state index in [9.17, 15) is 9.59 Å². The summed E-state index contributed by atoms with van der Waals surface area (Å²) >= 11 is 5.89. The molecule has 0 radical (unpaired) electrons. The Bertz CT molecular complexity index is 981. The van der Waals surface area contributed by atoms with E-state index in [4.69, 9.17) is 16.0 Å². The highest BCUT2D eigenvalue weighted by Gasteiger charge is 2.15. The molecule has 0 unspecified atom stereocenters. The molecule has 0 aliphatic carbocycles. The summed E-state index contributed by atoms with van der Waals surface area (Å²) in [6.07, 6.45) is 2.19. The van der Waals surface area contributed by atoms with Crippen LogP contribution >= 0.6 is 11.6 Å². The molecule has 3 aromatic rings. The van der Waals surface area contributed by atoms with E-state index in [1.165, 1.54) is 4.90 Å². The van der Waals surface area contributed by atoms with Crippen LogP contribution in [0.5, 0.6) is 0 Å². The van der Waals surface area contributed by atoms with Crippen LogP contribution in [0.1, 0.15) is 17.9 Å². The lowest BCUT2D eigenvalue weighted by atomic mass is 10.2. The van der Waals surface area contributed by atoms with Crippen LogP contribution in [0.3, 0.4) is 0 Å². The van der Waals surface area contributed by atoms with E-state index < -0.39 is 0 Å². The second kappa shape index (κ2) is 9.39. The zero-order valence-electron chi connectivity index (χ0n) is 16.3. The van der Waals surface area contributed by atoms with Crippen molar-refractivity contribution >= 4 is 29.1 Å². The van der Waals surface area contributed by atoms with Gasteiger partial charge in [0, 0.05) is 36.2 Å². The molecule has 2 amide bonds. The van der Waals surface area contributed by atoms with Crippen molar-refractivity contribution < 1.29 is 14.0 Å². The van der Waals surface area contributed by atoms with Crippen molar-refractivity contribution in [3.05, 3.63) is 71.2 Å². The summed E-state index contributed by atoms with van der Waals surface area (Å²) in [7, 11) is 1.60. The molecule has 1 aromatic heterocycles. The normalized spacial score (nSPS) is 10.6. The Morgan fingerprint density at radius 1 is 1.10 bits per heavy atom. The molecule has 0 spiro atoms. The number of rotatable bonds is 7. The third-order valence-electron chi connectivity index (χ3n) is 4.38. The lowest BCUT2D eigenvalue weighted by Gasteiger charge is -2.16. The van der Waals surface area contributed by atoms with E-state index >= 15 is 0 Å². The SMILES string of the molecule is Cc1ccc(NC(=O)CN(C)C(=O)CCc2ncc(-c3ccc(Cl)cc3)o2)cc1.